The van der Waals surface area contributed by atoms with Crippen LogP contribution < -0.4 is 15.9 Å². The highest BCUT2D eigenvalue weighted by atomic mass is 19.4. The van der Waals surface area contributed by atoms with Gasteiger partial charge in [-0.15, -0.1) is 10.5 Å². The molecule has 0 saturated carbocycles. The molecule has 3 aromatic heterocycles. The first-order chi connectivity index (χ1) is 24.2. The lowest BCUT2D eigenvalue weighted by Crippen LogP contribution is -2.55. The van der Waals surface area contributed by atoms with Crippen LogP contribution in [-0.4, -0.2) is 88.8 Å². The van der Waals surface area contributed by atoms with E-state index in [1.807, 2.05) is 24.8 Å². The Balaban J connectivity index is 1.28. The lowest BCUT2D eigenvalue weighted by atomic mass is 10.0. The van der Waals surface area contributed by atoms with E-state index in [4.69, 9.17) is 9.72 Å². The molecule has 0 spiro atoms. The zero-order chi connectivity index (χ0) is 36.4. The van der Waals surface area contributed by atoms with Crippen LogP contribution in [0.2, 0.25) is 0 Å². The summed E-state index contributed by atoms with van der Waals surface area (Å²) >= 11 is 0. The standard InChI is InChI=1S/C33H35F3N10O5/c1-17-13-22(33(34,35)36)5-6-23(17)40-46(50)24-14-18(2)26-27(31(49)45-32(44(24)26)39-29(41-45)21-7-11-51-12-8-21)42-9-10-43(19(3)15-42)30(48)25-28(47)20(4)37-16-38-25/h5-7,13,16,18-19,24H,8-12,14-15H2,1-4H3,(H-,40,47,48,50)/p+1/t18-,19-,24+/m1/s1. The number of fused-ring (bicyclic) bond motifs is 3. The zero-order valence-corrected chi connectivity index (χ0v) is 28.3. The lowest BCUT2D eigenvalue weighted by Gasteiger charge is -2.41. The summed E-state index contributed by atoms with van der Waals surface area (Å²) in [6, 6.07) is 2.68. The number of alkyl halides is 3. The number of aromatic nitrogens is 6. The maximum absolute atomic E-state index is 14.4. The number of anilines is 2. The van der Waals surface area contributed by atoms with Crippen LogP contribution in [-0.2, 0) is 10.9 Å². The molecule has 3 aliphatic heterocycles. The normalized spacial score (nSPS) is 20.8. The highest BCUT2D eigenvalue weighted by Gasteiger charge is 2.45. The first-order valence-corrected chi connectivity index (χ1v) is 16.5. The van der Waals surface area contributed by atoms with Crippen LogP contribution in [0.15, 0.2) is 35.4 Å². The number of rotatable bonds is 6. The minimum absolute atomic E-state index is 0.106. The zero-order valence-electron chi connectivity index (χ0n) is 28.3. The van der Waals surface area contributed by atoms with Crippen LogP contribution in [0, 0.1) is 18.8 Å². The SMILES string of the molecule is Cc1cc(C(F)(F)F)ccc1N[N+](=O)[C@H]1C[C@@H](C)c2c(N3CCN(C(=O)c4ncnc(C)c4O)[C@H](C)C3)c(=O)n3nc(C4=CCOCC4)nc3n21. The number of nitrogens with zero attached hydrogens (tertiary/aromatic N) is 9. The number of ether oxygens (including phenoxy) is 1. The Bertz CT molecular complexity index is 2160. The van der Waals surface area contributed by atoms with Gasteiger partial charge >= 0.3 is 12.3 Å². The second-order valence-corrected chi connectivity index (χ2v) is 13.1. The lowest BCUT2D eigenvalue weighted by molar-refractivity contribution is -0.580. The van der Waals surface area contributed by atoms with Crippen molar-refractivity contribution in [1.29, 1.82) is 0 Å². The largest absolute Gasteiger partial charge is 0.504 e. The molecule has 0 unspecified atom stereocenters. The highest BCUT2D eigenvalue weighted by Crippen LogP contribution is 2.42. The number of benzene rings is 1. The van der Waals surface area contributed by atoms with Crippen LogP contribution in [0.5, 0.6) is 5.75 Å². The number of carbonyl (C=O) groups is 1. The summed E-state index contributed by atoms with van der Waals surface area (Å²) in [5.74, 6) is -0.601. The van der Waals surface area contributed by atoms with Gasteiger partial charge in [0.05, 0.1) is 35.1 Å². The maximum atomic E-state index is 14.4. The van der Waals surface area contributed by atoms with Crippen molar-refractivity contribution in [2.75, 3.05) is 43.2 Å². The van der Waals surface area contributed by atoms with Crippen LogP contribution in [0.1, 0.15) is 77.6 Å². The van der Waals surface area contributed by atoms with Crippen LogP contribution in [0.25, 0.3) is 11.4 Å². The number of aryl methyl sites for hydroxylation is 2. The third-order valence-corrected chi connectivity index (χ3v) is 9.75. The number of hydrogen-bond donors (Lipinski definition) is 2. The molecule has 6 heterocycles. The van der Waals surface area contributed by atoms with E-state index in [2.05, 4.69) is 20.5 Å². The van der Waals surface area contributed by atoms with E-state index in [1.54, 1.807) is 16.4 Å². The van der Waals surface area contributed by atoms with Crippen LogP contribution >= 0.6 is 0 Å². The smallest absolute Gasteiger partial charge is 0.416 e. The van der Waals surface area contributed by atoms with E-state index in [0.29, 0.717) is 41.7 Å². The Kier molecular flexibility index (Phi) is 8.51. The van der Waals surface area contributed by atoms with Crippen LogP contribution in [0.3, 0.4) is 0 Å². The minimum Gasteiger partial charge on any atom is -0.504 e. The number of carbonyl (C=O) groups excluding carboxylic acids is 1. The second-order valence-electron chi connectivity index (χ2n) is 13.1. The predicted molar refractivity (Wildman–Crippen MR) is 177 cm³/mol. The molecule has 15 nitrogen and oxygen atoms in total. The van der Waals surface area contributed by atoms with Gasteiger partial charge < -0.3 is 19.6 Å². The Hall–Kier alpha value is -5.39. The molecule has 0 bridgehead atoms. The molecule has 4 aromatic rings. The summed E-state index contributed by atoms with van der Waals surface area (Å²) in [7, 11) is 0. The Morgan fingerprint density at radius 3 is 2.63 bits per heavy atom. The van der Waals surface area contributed by atoms with Gasteiger partial charge in [-0.25, -0.2) is 14.5 Å². The molecule has 268 valence electrons. The first-order valence-electron chi connectivity index (χ1n) is 16.5. The van der Waals surface area contributed by atoms with Crippen molar-refractivity contribution >= 4 is 28.6 Å². The molecule has 51 heavy (non-hydrogen) atoms. The fourth-order valence-electron chi connectivity index (χ4n) is 7.07. The summed E-state index contributed by atoms with van der Waals surface area (Å²) in [5, 5.41) is 15.1. The van der Waals surface area contributed by atoms with Gasteiger partial charge in [0.2, 0.25) is 5.78 Å². The molecule has 1 aromatic carbocycles. The van der Waals surface area contributed by atoms with Gasteiger partial charge in [-0.1, -0.05) is 13.0 Å². The number of hydrogen-bond acceptors (Lipinski definition) is 10. The molecular formula is C33H36F3N10O5+. The number of aromatic hydroxyl groups is 1. The van der Waals surface area contributed by atoms with Crippen molar-refractivity contribution in [3.63, 3.8) is 0 Å². The fourth-order valence-corrected chi connectivity index (χ4v) is 7.07. The van der Waals surface area contributed by atoms with E-state index < -0.39 is 35.4 Å². The molecule has 1 amide bonds. The first kappa shape index (κ1) is 34.1. The van der Waals surface area contributed by atoms with Gasteiger partial charge in [0, 0.05) is 38.0 Å². The van der Waals surface area contributed by atoms with Gasteiger partial charge in [-0.3, -0.25) is 9.59 Å². The maximum Gasteiger partial charge on any atom is 0.416 e. The van der Waals surface area contributed by atoms with Crippen molar-refractivity contribution in [3.8, 4) is 5.75 Å². The van der Waals surface area contributed by atoms with E-state index in [-0.39, 0.29) is 66.1 Å². The third-order valence-electron chi connectivity index (χ3n) is 9.75. The van der Waals surface area contributed by atoms with E-state index in [1.165, 1.54) is 23.8 Å². The Morgan fingerprint density at radius 2 is 1.94 bits per heavy atom. The van der Waals surface area contributed by atoms with E-state index in [0.717, 1.165) is 17.7 Å². The van der Waals surface area contributed by atoms with Crippen molar-refractivity contribution < 1.29 is 32.7 Å². The predicted octanol–water partition coefficient (Wildman–Crippen LogP) is 3.99. The van der Waals surface area contributed by atoms with Gasteiger partial charge in [-0.2, -0.15) is 22.7 Å². The summed E-state index contributed by atoms with van der Waals surface area (Å²) in [4.78, 5) is 58.6. The summed E-state index contributed by atoms with van der Waals surface area (Å²) in [6.07, 6.45) is -1.65. The van der Waals surface area contributed by atoms with E-state index in [9.17, 15) is 32.8 Å². The highest BCUT2D eigenvalue weighted by molar-refractivity contribution is 5.95. The molecule has 1 fully saturated rings. The molecule has 1 saturated heterocycles. The molecule has 3 aliphatic rings. The number of nitrogens with one attached hydrogen (secondary N) is 1. The molecule has 0 radical (unpaired) electrons. The number of amides is 1. The average molecular weight is 710 g/mol. The van der Waals surface area contributed by atoms with Gasteiger partial charge in [0.25, 0.3) is 11.5 Å². The number of nitroso groups, excluding NO2 is 1. The van der Waals surface area contributed by atoms with Crippen molar-refractivity contribution in [1.82, 2.24) is 34.0 Å². The number of piperazine rings is 1. The summed E-state index contributed by atoms with van der Waals surface area (Å²) in [5.41, 5.74) is 3.73. The molecular weight excluding hydrogens is 673 g/mol. The third kappa shape index (κ3) is 5.96. The number of halogens is 3. The molecule has 18 heteroatoms. The van der Waals surface area contributed by atoms with Gasteiger partial charge in [0.1, 0.15) is 22.6 Å². The second kappa shape index (κ2) is 12.7. The minimum atomic E-state index is -4.54. The van der Waals surface area contributed by atoms with Gasteiger partial charge in [0.15, 0.2) is 17.3 Å². The van der Waals surface area contributed by atoms with Crippen molar-refractivity contribution in [2.24, 2.45) is 0 Å². The molecule has 0 aliphatic carbocycles. The van der Waals surface area contributed by atoms with E-state index >= 15 is 0 Å². The van der Waals surface area contributed by atoms with Gasteiger partial charge in [-0.05, 0) is 56.5 Å². The van der Waals surface area contributed by atoms with Crippen molar-refractivity contribution in [3.05, 3.63) is 79.9 Å². The molecule has 3 atom stereocenters. The Morgan fingerprint density at radius 1 is 1.16 bits per heavy atom. The summed E-state index contributed by atoms with van der Waals surface area (Å²) < 4.78 is 48.3. The molecule has 7 rings (SSSR count). The fraction of sp³-hybridized carbons (Fsp3) is 0.455. The summed E-state index contributed by atoms with van der Waals surface area (Å²) in [6.45, 7) is 8.30. The monoisotopic (exact) mass is 709 g/mol. The topological polar surface area (TPSA) is 163 Å². The molecule has 2 N–H and O–H groups in total. The van der Waals surface area contributed by atoms with Crippen LogP contribution in [0.4, 0.5) is 24.5 Å². The van der Waals surface area contributed by atoms with Crippen molar-refractivity contribution in [2.45, 2.75) is 64.8 Å². The Labute approximate surface area is 288 Å². The number of hydrazine groups is 1. The quantitative estimate of drug-likeness (QED) is 0.220. The average Bonchev–Trinajstić information content (AvgIpc) is 3.69.